The van der Waals surface area contributed by atoms with Gasteiger partial charge in [-0.1, -0.05) is 19.3 Å². The Morgan fingerprint density at radius 3 is 2.56 bits per heavy atom. The Kier molecular flexibility index (Phi) is 6.49. The smallest absolute Gasteiger partial charge is 0.412 e. The molecule has 1 radical (unpaired) electrons. The molecular formula is C12H20NO5. The lowest BCUT2D eigenvalue weighted by atomic mass is 9.89. The molecule has 1 rings (SSSR count). The second-order valence-corrected chi connectivity index (χ2v) is 4.30. The van der Waals surface area contributed by atoms with E-state index in [4.69, 9.17) is 9.84 Å². The maximum atomic E-state index is 11.6. The molecule has 6 nitrogen and oxygen atoms in total. The highest BCUT2D eigenvalue weighted by molar-refractivity contribution is 5.72. The molecular weight excluding hydrogens is 238 g/mol. The summed E-state index contributed by atoms with van der Waals surface area (Å²) in [6.07, 6.45) is 3.17. The average molecular weight is 258 g/mol. The lowest BCUT2D eigenvalue weighted by Gasteiger charge is -2.19. The van der Waals surface area contributed by atoms with Crippen LogP contribution in [0.15, 0.2) is 0 Å². The first-order valence-electron chi connectivity index (χ1n) is 6.20. The molecule has 18 heavy (non-hydrogen) atoms. The summed E-state index contributed by atoms with van der Waals surface area (Å²) in [5.41, 5.74) is 0. The fourth-order valence-corrected chi connectivity index (χ4v) is 1.85. The van der Waals surface area contributed by atoms with Crippen LogP contribution < -0.4 is 5.32 Å². The van der Waals surface area contributed by atoms with E-state index in [-0.39, 0.29) is 18.3 Å². The Morgan fingerprint density at radius 2 is 1.94 bits per heavy atom. The lowest BCUT2D eigenvalue weighted by molar-refractivity contribution is -0.158. The van der Waals surface area contributed by atoms with E-state index in [0.29, 0.717) is 0 Å². The molecule has 1 unspecified atom stereocenters. The van der Waals surface area contributed by atoms with Crippen LogP contribution in [0.5, 0.6) is 0 Å². The van der Waals surface area contributed by atoms with Gasteiger partial charge < -0.3 is 14.6 Å². The summed E-state index contributed by atoms with van der Waals surface area (Å²) in [5, 5.41) is 11.2. The van der Waals surface area contributed by atoms with Crippen LogP contribution in [0.25, 0.3) is 0 Å². The number of rotatable bonds is 5. The van der Waals surface area contributed by atoms with Gasteiger partial charge in [0.05, 0.1) is 5.92 Å². The van der Waals surface area contributed by atoms with E-state index in [1.165, 1.54) is 0 Å². The highest BCUT2D eigenvalue weighted by Crippen LogP contribution is 2.24. The molecule has 0 heterocycles. The average Bonchev–Trinajstić information content (AvgIpc) is 2.39. The number of amides is 1. The zero-order valence-corrected chi connectivity index (χ0v) is 10.4. The van der Waals surface area contributed by atoms with Crippen molar-refractivity contribution in [1.29, 1.82) is 0 Å². The van der Waals surface area contributed by atoms with Gasteiger partial charge in [-0.05, 0) is 26.2 Å². The Morgan fingerprint density at radius 1 is 1.28 bits per heavy atom. The van der Waals surface area contributed by atoms with E-state index >= 15 is 0 Å². The minimum absolute atomic E-state index is 0.0733. The maximum absolute atomic E-state index is 11.6. The van der Waals surface area contributed by atoms with Gasteiger partial charge in [0.25, 0.3) is 0 Å². The summed E-state index contributed by atoms with van der Waals surface area (Å²) < 4.78 is 9.44. The van der Waals surface area contributed by atoms with Crippen molar-refractivity contribution in [3.8, 4) is 0 Å². The minimum Gasteiger partial charge on any atom is -0.428 e. The molecule has 0 saturated heterocycles. The van der Waals surface area contributed by atoms with E-state index in [1.54, 1.807) is 0 Å². The molecule has 0 aliphatic heterocycles. The van der Waals surface area contributed by atoms with Crippen LogP contribution in [0.1, 0.15) is 38.5 Å². The summed E-state index contributed by atoms with van der Waals surface area (Å²) in [6, 6.07) is 0. The maximum Gasteiger partial charge on any atom is 0.412 e. The topological polar surface area (TPSA) is 84.9 Å². The number of aliphatic hydroxyl groups excluding tert-OH is 1. The van der Waals surface area contributed by atoms with Crippen LogP contribution in [-0.4, -0.2) is 30.2 Å². The van der Waals surface area contributed by atoms with Crippen molar-refractivity contribution in [3.63, 3.8) is 0 Å². The molecule has 1 aliphatic rings. The van der Waals surface area contributed by atoms with Crippen molar-refractivity contribution in [2.45, 2.75) is 44.8 Å². The van der Waals surface area contributed by atoms with Crippen molar-refractivity contribution in [1.82, 2.24) is 5.32 Å². The summed E-state index contributed by atoms with van der Waals surface area (Å²) in [5.74, 6) is -0.393. The van der Waals surface area contributed by atoms with Gasteiger partial charge in [0.15, 0.2) is 0 Å². The van der Waals surface area contributed by atoms with Crippen molar-refractivity contribution < 1.29 is 24.2 Å². The number of aliphatic hydroxyl groups is 1. The van der Waals surface area contributed by atoms with E-state index in [9.17, 15) is 9.59 Å². The summed E-state index contributed by atoms with van der Waals surface area (Å²) >= 11 is 0. The van der Waals surface area contributed by atoms with E-state index in [0.717, 1.165) is 32.1 Å². The van der Waals surface area contributed by atoms with Gasteiger partial charge in [0.1, 0.15) is 6.23 Å². The fraction of sp³-hybridized carbons (Fsp3) is 0.750. The van der Waals surface area contributed by atoms with E-state index in [2.05, 4.69) is 17.0 Å². The molecule has 1 fully saturated rings. The summed E-state index contributed by atoms with van der Waals surface area (Å²) in [4.78, 5) is 22.6. The minimum atomic E-state index is -1.05. The second-order valence-electron chi connectivity index (χ2n) is 4.30. The molecule has 1 amide bonds. The number of nitrogens with one attached hydrogen (secondary N) is 1. The van der Waals surface area contributed by atoms with Gasteiger partial charge in [0.2, 0.25) is 6.79 Å². The standard InChI is InChI=1S/C12H20NO5/c1-2-10(14)13-12(16)18-8-17-11(15)9-6-4-3-5-7-9/h9-10,14H,1-8H2,(H,13,16). The molecule has 0 aromatic carbocycles. The van der Waals surface area contributed by atoms with E-state index < -0.39 is 19.1 Å². The zero-order chi connectivity index (χ0) is 13.4. The first-order valence-corrected chi connectivity index (χ1v) is 6.20. The van der Waals surface area contributed by atoms with Crippen LogP contribution in [-0.2, 0) is 14.3 Å². The highest BCUT2D eigenvalue weighted by Gasteiger charge is 2.22. The largest absolute Gasteiger partial charge is 0.428 e. The number of carbonyl (C=O) groups is 2. The van der Waals surface area contributed by atoms with Crippen molar-refractivity contribution in [3.05, 3.63) is 6.92 Å². The Bertz CT molecular complexity index is 276. The first-order chi connectivity index (χ1) is 8.63. The summed E-state index contributed by atoms with van der Waals surface area (Å²) in [7, 11) is 0. The molecule has 0 aromatic heterocycles. The number of ether oxygens (including phenoxy) is 2. The Balaban J connectivity index is 2.12. The van der Waals surface area contributed by atoms with Gasteiger partial charge >= 0.3 is 12.1 Å². The molecule has 1 saturated carbocycles. The van der Waals surface area contributed by atoms with Crippen LogP contribution in [0.2, 0.25) is 0 Å². The van der Waals surface area contributed by atoms with Gasteiger partial charge in [-0.3, -0.25) is 10.1 Å². The van der Waals surface area contributed by atoms with Crippen LogP contribution >= 0.6 is 0 Å². The molecule has 1 aliphatic carbocycles. The number of hydrogen-bond acceptors (Lipinski definition) is 5. The molecule has 1 atom stereocenters. The quantitative estimate of drug-likeness (QED) is 0.574. The number of hydrogen-bond donors (Lipinski definition) is 2. The highest BCUT2D eigenvalue weighted by atomic mass is 16.7. The van der Waals surface area contributed by atoms with Crippen molar-refractivity contribution >= 4 is 12.1 Å². The predicted octanol–water partition coefficient (Wildman–Crippen LogP) is 1.34. The number of alkyl carbamates (subject to hydrolysis) is 1. The van der Waals surface area contributed by atoms with Crippen LogP contribution in [0.3, 0.4) is 0 Å². The monoisotopic (exact) mass is 258 g/mol. The predicted molar refractivity (Wildman–Crippen MR) is 63.1 cm³/mol. The molecule has 0 aromatic rings. The van der Waals surface area contributed by atoms with Crippen LogP contribution in [0, 0.1) is 12.8 Å². The van der Waals surface area contributed by atoms with Gasteiger partial charge in [-0.2, -0.15) is 0 Å². The molecule has 0 spiro atoms. The zero-order valence-electron chi connectivity index (χ0n) is 10.4. The normalized spacial score (nSPS) is 17.9. The van der Waals surface area contributed by atoms with Crippen molar-refractivity contribution in [2.75, 3.05) is 6.79 Å². The van der Waals surface area contributed by atoms with E-state index in [1.807, 2.05) is 0 Å². The summed E-state index contributed by atoms with van der Waals surface area (Å²) in [6.45, 7) is 2.98. The number of carbonyl (C=O) groups excluding carboxylic acids is 2. The first kappa shape index (κ1) is 14.8. The second kappa shape index (κ2) is 7.92. The Labute approximate surface area is 107 Å². The SMILES string of the molecule is [CH2]CC(O)NC(=O)OCOC(=O)C1CCCCC1. The molecule has 6 heteroatoms. The van der Waals surface area contributed by atoms with Gasteiger partial charge in [0, 0.05) is 0 Å². The fourth-order valence-electron chi connectivity index (χ4n) is 1.85. The van der Waals surface area contributed by atoms with Gasteiger partial charge in [-0.25, -0.2) is 4.79 Å². The lowest BCUT2D eigenvalue weighted by Crippen LogP contribution is -2.35. The van der Waals surface area contributed by atoms with Gasteiger partial charge in [-0.15, -0.1) is 0 Å². The third-order valence-electron chi connectivity index (χ3n) is 2.89. The molecule has 103 valence electrons. The third-order valence-corrected chi connectivity index (χ3v) is 2.89. The third kappa shape index (κ3) is 5.35. The molecule has 0 bridgehead atoms. The van der Waals surface area contributed by atoms with Crippen molar-refractivity contribution in [2.24, 2.45) is 5.92 Å². The Hall–Kier alpha value is -1.30. The number of esters is 1. The molecule has 2 N–H and O–H groups in total. The van der Waals surface area contributed by atoms with Crippen LogP contribution in [0.4, 0.5) is 4.79 Å².